The number of piperidine rings is 1. The van der Waals surface area contributed by atoms with E-state index in [0.717, 1.165) is 5.56 Å². The third-order valence-corrected chi connectivity index (χ3v) is 9.85. The van der Waals surface area contributed by atoms with E-state index in [1.54, 1.807) is 25.7 Å². The molecule has 306 valence electrons. The third-order valence-electron chi connectivity index (χ3n) is 9.85. The monoisotopic (exact) mass is 767 g/mol. The van der Waals surface area contributed by atoms with E-state index in [0.29, 0.717) is 58.0 Å². The number of carbonyl (C=O) groups is 4. The van der Waals surface area contributed by atoms with Gasteiger partial charge in [-0.15, -0.1) is 0 Å². The Hall–Kier alpha value is -4.35. The lowest BCUT2D eigenvalue weighted by Crippen LogP contribution is -2.64. The molecule has 0 saturated carbocycles. The van der Waals surface area contributed by atoms with Crippen molar-refractivity contribution in [2.75, 3.05) is 13.1 Å². The number of benzene rings is 1. The minimum absolute atomic E-state index is 0.185. The first-order chi connectivity index (χ1) is 25.6. The van der Waals surface area contributed by atoms with Crippen LogP contribution in [-0.4, -0.2) is 98.9 Å². The SMILES string of the molecule is CC(C)C[C@@H](C#C[C@H](Cc1ccccc1)C(=O)N1CCC[C@H]1C(=O)N[C@@H](CCCNC(=N)N)C(=O)NC1CC(C)(C)N(O)C(C)(C)C1)NC(=O)OC(C)(C)C. The number of amides is 4. The summed E-state index contributed by atoms with van der Waals surface area (Å²) >= 11 is 0. The molecule has 0 aromatic heterocycles. The number of nitrogens with two attached hydrogens (primary N) is 1. The van der Waals surface area contributed by atoms with Crippen LogP contribution in [0.5, 0.6) is 0 Å². The first-order valence-corrected chi connectivity index (χ1v) is 19.6. The van der Waals surface area contributed by atoms with Gasteiger partial charge < -0.3 is 41.8 Å². The highest BCUT2D eigenvalue weighted by Gasteiger charge is 2.46. The van der Waals surface area contributed by atoms with Crippen LogP contribution in [0.15, 0.2) is 30.3 Å². The van der Waals surface area contributed by atoms with Crippen LogP contribution in [0, 0.1) is 29.1 Å². The molecule has 0 spiro atoms. The minimum atomic E-state index is -0.909. The van der Waals surface area contributed by atoms with Gasteiger partial charge in [0, 0.05) is 30.2 Å². The zero-order chi connectivity index (χ0) is 41.1. The van der Waals surface area contributed by atoms with Crippen molar-refractivity contribution in [3.63, 3.8) is 0 Å². The number of nitrogens with zero attached hydrogens (tertiary/aromatic N) is 2. The molecule has 2 fully saturated rings. The van der Waals surface area contributed by atoms with Gasteiger partial charge in [0.05, 0.1) is 6.04 Å². The molecule has 1 aromatic carbocycles. The summed E-state index contributed by atoms with van der Waals surface area (Å²) in [5.74, 6) is 4.49. The van der Waals surface area contributed by atoms with Crippen molar-refractivity contribution in [2.45, 2.75) is 155 Å². The molecule has 1 aromatic rings. The van der Waals surface area contributed by atoms with Crippen molar-refractivity contribution in [1.82, 2.24) is 31.2 Å². The van der Waals surface area contributed by atoms with Crippen molar-refractivity contribution in [1.29, 1.82) is 5.41 Å². The molecule has 14 heteroatoms. The standard InChI is InChI=1S/C41H66N8O6/c1-27(2)23-30(46-38(53)55-39(3,4)5)20-19-29(24-28-15-11-10-12-16-28)36(52)48-22-14-18-33(48)35(51)47-32(17-13-21-44-37(42)43)34(50)45-31-25-40(6,7)49(54)41(8,9)26-31/h10-12,15-16,27,29-33,54H,13-14,17-18,21-26H2,1-9H3,(H,45,50)(H,46,53)(H,47,51)(H4,42,43,44)/t29-,30-,32+,33+/m1/s1. The van der Waals surface area contributed by atoms with E-state index >= 15 is 0 Å². The molecule has 8 N–H and O–H groups in total. The van der Waals surface area contributed by atoms with Crippen LogP contribution >= 0.6 is 0 Å². The van der Waals surface area contributed by atoms with Gasteiger partial charge in [0.25, 0.3) is 0 Å². The van der Waals surface area contributed by atoms with Crippen LogP contribution < -0.4 is 27.0 Å². The molecule has 4 atom stereocenters. The topological polar surface area (TPSA) is 202 Å². The fourth-order valence-electron chi connectivity index (χ4n) is 7.57. The molecule has 2 heterocycles. The highest BCUT2D eigenvalue weighted by atomic mass is 16.6. The number of nitrogens with one attached hydrogen (secondary N) is 5. The Kier molecular flexibility index (Phi) is 16.0. The van der Waals surface area contributed by atoms with Crippen LogP contribution in [0.1, 0.15) is 113 Å². The number of hydrogen-bond donors (Lipinski definition) is 7. The van der Waals surface area contributed by atoms with E-state index < -0.39 is 52.7 Å². The number of carbonyl (C=O) groups excluding carboxylic acids is 4. The first kappa shape index (κ1) is 45.0. The molecule has 0 unspecified atom stereocenters. The highest BCUT2D eigenvalue weighted by Crippen LogP contribution is 2.36. The van der Waals surface area contributed by atoms with Crippen LogP contribution in [-0.2, 0) is 25.5 Å². The summed E-state index contributed by atoms with van der Waals surface area (Å²) in [6.45, 7) is 17.8. The highest BCUT2D eigenvalue weighted by molar-refractivity contribution is 5.93. The lowest BCUT2D eigenvalue weighted by atomic mass is 9.79. The normalized spacial score (nSPS) is 20.0. The average Bonchev–Trinajstić information content (AvgIpc) is 3.56. The van der Waals surface area contributed by atoms with E-state index in [4.69, 9.17) is 15.9 Å². The van der Waals surface area contributed by atoms with E-state index in [2.05, 4.69) is 33.1 Å². The van der Waals surface area contributed by atoms with Crippen molar-refractivity contribution in [3.05, 3.63) is 35.9 Å². The average molecular weight is 767 g/mol. The second-order valence-electron chi connectivity index (χ2n) is 17.6. The fourth-order valence-corrected chi connectivity index (χ4v) is 7.57. The largest absolute Gasteiger partial charge is 0.444 e. The van der Waals surface area contributed by atoms with Gasteiger partial charge in [-0.3, -0.25) is 19.8 Å². The quantitative estimate of drug-likeness (QED) is 0.0631. The van der Waals surface area contributed by atoms with Crippen molar-refractivity contribution < 1.29 is 29.1 Å². The Morgan fingerprint density at radius 1 is 1.04 bits per heavy atom. The van der Waals surface area contributed by atoms with Gasteiger partial charge in [-0.1, -0.05) is 56.0 Å². The van der Waals surface area contributed by atoms with E-state index in [9.17, 15) is 24.4 Å². The second kappa shape index (κ2) is 19.5. The molecule has 2 aliphatic heterocycles. The van der Waals surface area contributed by atoms with Crippen LogP contribution in [0.3, 0.4) is 0 Å². The van der Waals surface area contributed by atoms with Crippen molar-refractivity contribution in [3.8, 4) is 11.8 Å². The number of hydroxylamine groups is 2. The third kappa shape index (κ3) is 14.3. The summed E-state index contributed by atoms with van der Waals surface area (Å²) in [5, 5.41) is 31.3. The first-order valence-electron chi connectivity index (χ1n) is 19.6. The molecule has 2 saturated heterocycles. The zero-order valence-corrected chi connectivity index (χ0v) is 34.4. The van der Waals surface area contributed by atoms with Gasteiger partial charge in [0.1, 0.15) is 23.6 Å². The van der Waals surface area contributed by atoms with Gasteiger partial charge >= 0.3 is 6.09 Å². The molecule has 14 nitrogen and oxygen atoms in total. The lowest BCUT2D eigenvalue weighted by Gasteiger charge is -2.51. The van der Waals surface area contributed by atoms with E-state index in [1.807, 2.05) is 71.9 Å². The summed E-state index contributed by atoms with van der Waals surface area (Å²) in [6, 6.07) is 7.03. The Morgan fingerprint density at radius 2 is 1.67 bits per heavy atom. The number of ether oxygens (including phenoxy) is 1. The van der Waals surface area contributed by atoms with E-state index in [-0.39, 0.29) is 36.2 Å². The number of likely N-dealkylation sites (tertiary alicyclic amines) is 1. The maximum Gasteiger partial charge on any atom is 0.408 e. The second-order valence-corrected chi connectivity index (χ2v) is 17.6. The van der Waals surface area contributed by atoms with Gasteiger partial charge in [0.15, 0.2) is 5.96 Å². The number of hydrogen-bond acceptors (Lipinski definition) is 8. The number of alkyl carbamates (subject to hydrolysis) is 1. The Bertz CT molecular complexity index is 1530. The van der Waals surface area contributed by atoms with Gasteiger partial charge in [-0.2, -0.15) is 5.06 Å². The van der Waals surface area contributed by atoms with Crippen LogP contribution in [0.25, 0.3) is 0 Å². The predicted molar refractivity (Wildman–Crippen MR) is 213 cm³/mol. The maximum absolute atomic E-state index is 14.4. The summed E-state index contributed by atoms with van der Waals surface area (Å²) in [7, 11) is 0. The Balaban J connectivity index is 1.85. The Labute approximate surface area is 327 Å². The smallest absolute Gasteiger partial charge is 0.408 e. The Morgan fingerprint density at radius 3 is 2.25 bits per heavy atom. The van der Waals surface area contributed by atoms with Crippen LogP contribution in [0.4, 0.5) is 4.79 Å². The summed E-state index contributed by atoms with van der Waals surface area (Å²) in [5.41, 5.74) is 4.51. The molecular formula is C41H66N8O6. The van der Waals surface area contributed by atoms with Crippen LogP contribution in [0.2, 0.25) is 0 Å². The fraction of sp³-hybridized carbons (Fsp3) is 0.683. The molecule has 55 heavy (non-hydrogen) atoms. The number of rotatable bonds is 14. The van der Waals surface area contributed by atoms with E-state index in [1.165, 1.54) is 5.06 Å². The van der Waals surface area contributed by atoms with Gasteiger partial charge in [-0.05, 0) is 111 Å². The molecule has 4 amide bonds. The van der Waals surface area contributed by atoms with Crippen molar-refractivity contribution >= 4 is 29.8 Å². The maximum atomic E-state index is 14.4. The molecular weight excluding hydrogens is 701 g/mol. The minimum Gasteiger partial charge on any atom is -0.444 e. The molecule has 0 bridgehead atoms. The molecule has 0 radical (unpaired) electrons. The number of guanidine groups is 1. The van der Waals surface area contributed by atoms with Gasteiger partial charge in [-0.25, -0.2) is 4.79 Å². The summed E-state index contributed by atoms with van der Waals surface area (Å²) in [6.07, 6.45) is 3.03. The summed E-state index contributed by atoms with van der Waals surface area (Å²) in [4.78, 5) is 56.6. The molecule has 3 rings (SSSR count). The van der Waals surface area contributed by atoms with Crippen molar-refractivity contribution in [2.24, 2.45) is 17.6 Å². The summed E-state index contributed by atoms with van der Waals surface area (Å²) < 4.78 is 5.48. The lowest BCUT2D eigenvalue weighted by molar-refractivity contribution is -0.246. The molecule has 2 aliphatic rings. The molecule has 0 aliphatic carbocycles. The van der Waals surface area contributed by atoms with Gasteiger partial charge in [0.2, 0.25) is 17.7 Å². The zero-order valence-electron chi connectivity index (χ0n) is 34.4. The predicted octanol–water partition coefficient (Wildman–Crippen LogP) is 4.05.